The van der Waals surface area contributed by atoms with Gasteiger partial charge in [0.2, 0.25) is 0 Å². The summed E-state index contributed by atoms with van der Waals surface area (Å²) in [5.41, 5.74) is 18.8. The minimum Gasteiger partial charge on any atom is -0.310 e. The highest BCUT2D eigenvalue weighted by Gasteiger charge is 2.41. The summed E-state index contributed by atoms with van der Waals surface area (Å²) in [6, 6.07) is 72.8. The molecule has 1 nitrogen and oxygen atoms in total. The van der Waals surface area contributed by atoms with Crippen molar-refractivity contribution in [1.29, 1.82) is 0 Å². The van der Waals surface area contributed by atoms with Gasteiger partial charge in [-0.3, -0.25) is 0 Å². The molecule has 0 bridgehead atoms. The van der Waals surface area contributed by atoms with Gasteiger partial charge in [-0.05, 0) is 122 Å². The fourth-order valence-electron chi connectivity index (χ4n) is 8.79. The predicted molar refractivity (Wildman–Crippen MR) is 240 cm³/mol. The highest BCUT2D eigenvalue weighted by atomic mass is 15.1. The molecule has 0 aromatic heterocycles. The van der Waals surface area contributed by atoms with Crippen molar-refractivity contribution in [2.75, 3.05) is 4.90 Å². The van der Waals surface area contributed by atoms with Crippen molar-refractivity contribution in [3.8, 4) is 44.5 Å². The summed E-state index contributed by atoms with van der Waals surface area (Å²) in [6.07, 6.45) is 6.60. The maximum absolute atomic E-state index is 2.46. The van der Waals surface area contributed by atoms with Gasteiger partial charge in [0.15, 0.2) is 0 Å². The first kappa shape index (κ1) is 35.0. The van der Waals surface area contributed by atoms with Gasteiger partial charge in [0.1, 0.15) is 0 Å². The third-order valence-corrected chi connectivity index (χ3v) is 11.8. The summed E-state index contributed by atoms with van der Waals surface area (Å²) in [5.74, 6) is 0. The van der Waals surface area contributed by atoms with Crippen LogP contribution in [-0.4, -0.2) is 0 Å². The highest BCUT2D eigenvalue weighted by Crippen LogP contribution is 2.54. The lowest BCUT2D eigenvalue weighted by atomic mass is 9.73. The molecule has 270 valence electrons. The second-order valence-corrected chi connectivity index (χ2v) is 14.8. The lowest BCUT2D eigenvalue weighted by Crippen LogP contribution is -2.23. The molecule has 8 aromatic rings. The Hall–Kier alpha value is -6.70. The molecule has 0 aliphatic heterocycles. The second-order valence-electron chi connectivity index (χ2n) is 14.8. The van der Waals surface area contributed by atoms with Crippen LogP contribution in [0.5, 0.6) is 0 Å². The minimum absolute atomic E-state index is 0.0578. The zero-order valence-electron chi connectivity index (χ0n) is 32.1. The van der Waals surface area contributed by atoms with Gasteiger partial charge in [-0.25, -0.2) is 0 Å². The minimum atomic E-state index is -0.0578. The van der Waals surface area contributed by atoms with E-state index in [1.54, 1.807) is 0 Å². The van der Waals surface area contributed by atoms with E-state index in [1.807, 2.05) is 0 Å². The maximum atomic E-state index is 2.46. The molecule has 9 rings (SSSR count). The van der Waals surface area contributed by atoms with E-state index in [9.17, 15) is 0 Å². The Kier molecular flexibility index (Phi) is 9.51. The Labute approximate surface area is 331 Å². The quantitative estimate of drug-likeness (QED) is 0.127. The Morgan fingerprint density at radius 3 is 1.43 bits per heavy atom. The van der Waals surface area contributed by atoms with Gasteiger partial charge >= 0.3 is 0 Å². The zero-order valence-corrected chi connectivity index (χ0v) is 32.1. The number of rotatable bonds is 10. The Morgan fingerprint density at radius 1 is 0.357 bits per heavy atom. The summed E-state index contributed by atoms with van der Waals surface area (Å²) in [7, 11) is 0. The van der Waals surface area contributed by atoms with Crippen LogP contribution in [0.2, 0.25) is 0 Å². The highest BCUT2D eigenvalue weighted by molar-refractivity contribution is 5.89. The Bertz CT molecular complexity index is 2580. The van der Waals surface area contributed by atoms with Crippen molar-refractivity contribution in [2.24, 2.45) is 0 Å². The van der Waals surface area contributed by atoms with E-state index in [0.717, 1.165) is 24.2 Å². The van der Waals surface area contributed by atoms with Gasteiger partial charge in [0, 0.05) is 22.5 Å². The maximum Gasteiger partial charge on any atom is 0.0465 e. The number of benzene rings is 8. The van der Waals surface area contributed by atoms with Crippen LogP contribution >= 0.6 is 0 Å². The van der Waals surface area contributed by atoms with E-state index in [-0.39, 0.29) is 5.41 Å². The third-order valence-electron chi connectivity index (χ3n) is 11.8. The molecule has 0 saturated heterocycles. The lowest BCUT2D eigenvalue weighted by Gasteiger charge is -2.32. The van der Waals surface area contributed by atoms with Crippen molar-refractivity contribution in [2.45, 2.75) is 32.1 Å². The molecular weight excluding hydrogens is 675 g/mol. The number of anilines is 3. The molecular formula is C55H45N. The van der Waals surface area contributed by atoms with Crippen molar-refractivity contribution < 1.29 is 0 Å². The molecule has 0 fully saturated rings. The van der Waals surface area contributed by atoms with Crippen molar-refractivity contribution in [3.63, 3.8) is 0 Å². The number of para-hydroxylation sites is 2. The summed E-state index contributed by atoms with van der Waals surface area (Å²) < 4.78 is 0. The fourth-order valence-corrected chi connectivity index (χ4v) is 8.79. The monoisotopic (exact) mass is 719 g/mol. The molecule has 0 saturated carbocycles. The summed E-state index contributed by atoms with van der Waals surface area (Å²) in [6.45, 7) is 4.70. The largest absolute Gasteiger partial charge is 0.310 e. The molecule has 56 heavy (non-hydrogen) atoms. The second kappa shape index (κ2) is 15.2. The smallest absolute Gasteiger partial charge is 0.0465 e. The molecule has 0 atom stereocenters. The van der Waals surface area contributed by atoms with Crippen molar-refractivity contribution >= 4 is 29.2 Å². The van der Waals surface area contributed by atoms with Crippen LogP contribution in [0.25, 0.3) is 56.7 Å². The van der Waals surface area contributed by atoms with Gasteiger partial charge in [-0.1, -0.05) is 184 Å². The molecule has 0 unspecified atom stereocenters. The van der Waals surface area contributed by atoms with Crippen molar-refractivity contribution in [1.82, 2.24) is 0 Å². The fraction of sp³-hybridized carbons (Fsp3) is 0.0909. The Balaban J connectivity index is 1.02. The average Bonchev–Trinajstić information content (AvgIpc) is 3.55. The number of fused-ring (bicyclic) bond motifs is 3. The van der Waals surface area contributed by atoms with Gasteiger partial charge in [0.05, 0.1) is 0 Å². The topological polar surface area (TPSA) is 3.24 Å². The van der Waals surface area contributed by atoms with Crippen LogP contribution < -0.4 is 4.90 Å². The van der Waals surface area contributed by atoms with E-state index in [1.165, 1.54) is 72.4 Å². The van der Waals surface area contributed by atoms with Crippen LogP contribution in [0.1, 0.15) is 48.9 Å². The molecule has 0 heterocycles. The molecule has 0 radical (unpaired) electrons. The predicted octanol–water partition coefficient (Wildman–Crippen LogP) is 15.4. The molecule has 8 aromatic carbocycles. The first-order valence-corrected chi connectivity index (χ1v) is 19.9. The van der Waals surface area contributed by atoms with E-state index in [0.29, 0.717) is 0 Å². The van der Waals surface area contributed by atoms with E-state index in [2.05, 4.69) is 231 Å². The zero-order chi connectivity index (χ0) is 37.9. The molecule has 0 N–H and O–H groups in total. The summed E-state index contributed by atoms with van der Waals surface area (Å²) >= 11 is 0. The SMILES string of the molecule is CCC1(CC)c2cc(/C=C/c3ccc(-c4ccc(-c5ccccc5)cc4-c4ccccc4)cc3)ccc2-c2ccc(N(c3ccccc3)c3ccccc3)cc21. The number of nitrogens with zero attached hydrogens (tertiary/aromatic N) is 1. The van der Waals surface area contributed by atoms with Gasteiger partial charge in [-0.15, -0.1) is 0 Å². The number of hydrogen-bond donors (Lipinski definition) is 0. The van der Waals surface area contributed by atoms with Crippen LogP contribution in [0, 0.1) is 0 Å². The first-order chi connectivity index (χ1) is 27.6. The lowest BCUT2D eigenvalue weighted by molar-refractivity contribution is 0.490. The van der Waals surface area contributed by atoms with Gasteiger partial charge in [-0.2, -0.15) is 0 Å². The van der Waals surface area contributed by atoms with E-state index in [4.69, 9.17) is 0 Å². The average molecular weight is 720 g/mol. The molecule has 1 heteroatoms. The normalized spacial score (nSPS) is 12.7. The van der Waals surface area contributed by atoms with Gasteiger partial charge in [0.25, 0.3) is 0 Å². The van der Waals surface area contributed by atoms with Crippen LogP contribution in [0.15, 0.2) is 200 Å². The van der Waals surface area contributed by atoms with E-state index < -0.39 is 0 Å². The van der Waals surface area contributed by atoms with Crippen LogP contribution in [0.4, 0.5) is 17.1 Å². The molecule has 1 aliphatic rings. The van der Waals surface area contributed by atoms with Crippen molar-refractivity contribution in [3.05, 3.63) is 222 Å². The van der Waals surface area contributed by atoms with Crippen LogP contribution in [-0.2, 0) is 5.41 Å². The first-order valence-electron chi connectivity index (χ1n) is 19.9. The number of hydrogen-bond acceptors (Lipinski definition) is 1. The molecule has 1 aliphatic carbocycles. The van der Waals surface area contributed by atoms with Crippen LogP contribution in [0.3, 0.4) is 0 Å². The molecule has 0 amide bonds. The summed E-state index contributed by atoms with van der Waals surface area (Å²) in [5, 5.41) is 0. The standard InChI is InChI=1S/C55H45N/c1-3-55(4-2)53-37-41(29-34-50(53)51-36-33-48(39-54(51)55)56(46-21-13-7-14-22-46)47-23-15-8-16-24-47)26-25-40-27-30-44(31-28-40)49-35-32-45(42-17-9-5-10-18-42)38-52(49)43-19-11-6-12-20-43/h5-39H,3-4H2,1-2H3/b26-25+. The molecule has 0 spiro atoms. The van der Waals surface area contributed by atoms with E-state index >= 15 is 0 Å². The third kappa shape index (κ3) is 6.46. The Morgan fingerprint density at radius 2 is 0.821 bits per heavy atom. The van der Waals surface area contributed by atoms with Gasteiger partial charge < -0.3 is 4.90 Å². The summed E-state index contributed by atoms with van der Waals surface area (Å²) in [4.78, 5) is 2.38.